The van der Waals surface area contributed by atoms with Crippen LogP contribution in [-0.2, 0) is 6.54 Å². The van der Waals surface area contributed by atoms with E-state index in [1.165, 1.54) is 0 Å². The van der Waals surface area contributed by atoms with Gasteiger partial charge in [0.1, 0.15) is 11.4 Å². The van der Waals surface area contributed by atoms with Gasteiger partial charge >= 0.3 is 0 Å². The fourth-order valence-electron chi connectivity index (χ4n) is 1.89. The lowest BCUT2D eigenvalue weighted by atomic mass is 10.1. The van der Waals surface area contributed by atoms with Gasteiger partial charge in [-0.25, -0.2) is 0 Å². The number of benzene rings is 1. The third-order valence-corrected chi connectivity index (χ3v) is 3.21. The molecule has 0 amide bonds. The first kappa shape index (κ1) is 12.6. The Morgan fingerprint density at radius 1 is 1.10 bits per heavy atom. The summed E-state index contributed by atoms with van der Waals surface area (Å²) in [5.41, 5.74) is 3.46. The lowest BCUT2D eigenvalue weighted by Gasteiger charge is -2.06. The van der Waals surface area contributed by atoms with Crippen molar-refractivity contribution in [2.75, 3.05) is 5.32 Å². The van der Waals surface area contributed by atoms with Crippen molar-refractivity contribution in [2.45, 2.75) is 6.54 Å². The summed E-state index contributed by atoms with van der Waals surface area (Å²) in [6, 6.07) is 11.6. The molecule has 0 aliphatic carbocycles. The second-order valence-electron chi connectivity index (χ2n) is 4.19. The fourth-order valence-corrected chi connectivity index (χ4v) is 2.06. The standard InChI is InChI=1S/C14H12ClN5/c15-11-6-7-16-8-12(11)17-9-13-14(19-20-18-13)10-4-2-1-3-5-10/h1-8,17H,9H2,(H,18,19,20). The van der Waals surface area contributed by atoms with E-state index in [0.29, 0.717) is 11.6 Å². The van der Waals surface area contributed by atoms with Gasteiger partial charge in [0.2, 0.25) is 0 Å². The van der Waals surface area contributed by atoms with Gasteiger partial charge in [0.05, 0.1) is 23.5 Å². The molecule has 5 nitrogen and oxygen atoms in total. The zero-order valence-corrected chi connectivity index (χ0v) is 11.3. The van der Waals surface area contributed by atoms with Crippen LogP contribution in [0.15, 0.2) is 48.8 Å². The summed E-state index contributed by atoms with van der Waals surface area (Å²) < 4.78 is 0. The molecule has 2 aromatic heterocycles. The van der Waals surface area contributed by atoms with Crippen LogP contribution in [0.2, 0.25) is 5.02 Å². The van der Waals surface area contributed by atoms with Crippen molar-refractivity contribution in [3.8, 4) is 11.3 Å². The normalized spacial score (nSPS) is 10.4. The number of H-pyrrole nitrogens is 1. The number of halogens is 1. The average molecular weight is 286 g/mol. The Balaban J connectivity index is 1.80. The van der Waals surface area contributed by atoms with Crippen molar-refractivity contribution in [3.63, 3.8) is 0 Å². The minimum atomic E-state index is 0.520. The summed E-state index contributed by atoms with van der Waals surface area (Å²) in [4.78, 5) is 4.04. The summed E-state index contributed by atoms with van der Waals surface area (Å²) in [6.45, 7) is 0.520. The maximum atomic E-state index is 6.07. The number of anilines is 1. The molecule has 0 aliphatic heterocycles. The smallest absolute Gasteiger partial charge is 0.117 e. The molecule has 20 heavy (non-hydrogen) atoms. The van der Waals surface area contributed by atoms with Crippen LogP contribution in [0.3, 0.4) is 0 Å². The Bertz CT molecular complexity index is 696. The van der Waals surface area contributed by atoms with Crippen LogP contribution in [0, 0.1) is 0 Å². The highest BCUT2D eigenvalue weighted by molar-refractivity contribution is 6.33. The Hall–Kier alpha value is -2.40. The molecule has 0 saturated heterocycles. The van der Waals surface area contributed by atoms with E-state index in [2.05, 4.69) is 25.7 Å². The molecule has 6 heteroatoms. The Morgan fingerprint density at radius 3 is 2.75 bits per heavy atom. The maximum absolute atomic E-state index is 6.07. The molecule has 0 spiro atoms. The molecule has 0 fully saturated rings. The van der Waals surface area contributed by atoms with Gasteiger partial charge in [0.15, 0.2) is 0 Å². The zero-order chi connectivity index (χ0) is 13.8. The lowest BCUT2D eigenvalue weighted by Crippen LogP contribution is -2.02. The van der Waals surface area contributed by atoms with Crippen molar-refractivity contribution in [3.05, 3.63) is 59.5 Å². The minimum Gasteiger partial charge on any atom is -0.377 e. The van der Waals surface area contributed by atoms with Gasteiger partial charge in [-0.05, 0) is 6.07 Å². The second-order valence-corrected chi connectivity index (χ2v) is 4.60. The molecule has 0 unspecified atom stereocenters. The van der Waals surface area contributed by atoms with Crippen LogP contribution >= 0.6 is 11.6 Å². The molecule has 3 rings (SSSR count). The molecule has 0 atom stereocenters. The molecule has 100 valence electrons. The summed E-state index contributed by atoms with van der Waals surface area (Å²) >= 11 is 6.07. The number of nitrogens with one attached hydrogen (secondary N) is 2. The minimum absolute atomic E-state index is 0.520. The highest BCUT2D eigenvalue weighted by Gasteiger charge is 2.10. The van der Waals surface area contributed by atoms with Crippen LogP contribution in [0.25, 0.3) is 11.3 Å². The van der Waals surface area contributed by atoms with Crippen LogP contribution in [0.5, 0.6) is 0 Å². The largest absolute Gasteiger partial charge is 0.377 e. The zero-order valence-electron chi connectivity index (χ0n) is 10.5. The van der Waals surface area contributed by atoms with Crippen molar-refractivity contribution in [2.24, 2.45) is 0 Å². The van der Waals surface area contributed by atoms with Gasteiger partial charge in [-0.15, -0.1) is 0 Å². The first-order valence-electron chi connectivity index (χ1n) is 6.13. The molecule has 2 N–H and O–H groups in total. The molecule has 0 saturated carbocycles. The van der Waals surface area contributed by atoms with E-state index in [4.69, 9.17) is 11.6 Å². The van der Waals surface area contributed by atoms with Gasteiger partial charge in [-0.1, -0.05) is 41.9 Å². The van der Waals surface area contributed by atoms with Gasteiger partial charge in [-0.3, -0.25) is 4.98 Å². The highest BCUT2D eigenvalue weighted by Crippen LogP contribution is 2.22. The van der Waals surface area contributed by atoms with E-state index in [0.717, 1.165) is 22.6 Å². The summed E-state index contributed by atoms with van der Waals surface area (Å²) in [5.74, 6) is 0. The van der Waals surface area contributed by atoms with Crippen LogP contribution < -0.4 is 5.32 Å². The number of aromatic amines is 1. The number of rotatable bonds is 4. The predicted octanol–water partition coefficient (Wildman–Crippen LogP) is 3.13. The van der Waals surface area contributed by atoms with E-state index in [1.807, 2.05) is 30.3 Å². The third-order valence-electron chi connectivity index (χ3n) is 2.88. The van der Waals surface area contributed by atoms with Gasteiger partial charge in [-0.2, -0.15) is 15.4 Å². The van der Waals surface area contributed by atoms with Crippen LogP contribution in [0.4, 0.5) is 5.69 Å². The summed E-state index contributed by atoms with van der Waals surface area (Å²) in [5, 5.41) is 14.9. The molecule has 3 aromatic rings. The van der Waals surface area contributed by atoms with Gasteiger partial charge in [0.25, 0.3) is 0 Å². The molecule has 0 aliphatic rings. The molecule has 1 aromatic carbocycles. The molecule has 0 bridgehead atoms. The number of nitrogens with zero attached hydrogens (tertiary/aromatic N) is 3. The SMILES string of the molecule is Clc1ccncc1NCc1n[nH]nc1-c1ccccc1. The molecule has 2 heterocycles. The quantitative estimate of drug-likeness (QED) is 0.773. The highest BCUT2D eigenvalue weighted by atomic mass is 35.5. The summed E-state index contributed by atoms with van der Waals surface area (Å²) in [7, 11) is 0. The van der Waals surface area contributed by atoms with Gasteiger partial charge < -0.3 is 5.32 Å². The first-order chi connectivity index (χ1) is 9.84. The average Bonchev–Trinajstić information content (AvgIpc) is 2.96. The number of aromatic nitrogens is 4. The topological polar surface area (TPSA) is 66.5 Å². The van der Waals surface area contributed by atoms with E-state index in [1.54, 1.807) is 18.5 Å². The van der Waals surface area contributed by atoms with Gasteiger partial charge in [0, 0.05) is 11.8 Å². The van der Waals surface area contributed by atoms with Crippen LogP contribution in [0.1, 0.15) is 5.69 Å². The number of hydrogen-bond acceptors (Lipinski definition) is 4. The maximum Gasteiger partial charge on any atom is 0.117 e. The van der Waals surface area contributed by atoms with E-state index >= 15 is 0 Å². The van der Waals surface area contributed by atoms with Crippen molar-refractivity contribution < 1.29 is 0 Å². The lowest BCUT2D eigenvalue weighted by molar-refractivity contribution is 0.911. The fraction of sp³-hybridized carbons (Fsp3) is 0.0714. The monoisotopic (exact) mass is 285 g/mol. The van der Waals surface area contributed by atoms with E-state index < -0.39 is 0 Å². The Labute approximate surface area is 121 Å². The molecular formula is C14H12ClN5. The summed E-state index contributed by atoms with van der Waals surface area (Å²) in [6.07, 6.45) is 3.34. The van der Waals surface area contributed by atoms with E-state index in [9.17, 15) is 0 Å². The number of hydrogen-bond donors (Lipinski definition) is 2. The Kier molecular flexibility index (Phi) is 3.60. The van der Waals surface area contributed by atoms with E-state index in [-0.39, 0.29) is 0 Å². The molecular weight excluding hydrogens is 274 g/mol. The molecule has 0 radical (unpaired) electrons. The second kappa shape index (κ2) is 5.71. The van der Waals surface area contributed by atoms with Crippen molar-refractivity contribution in [1.29, 1.82) is 0 Å². The predicted molar refractivity (Wildman–Crippen MR) is 78.4 cm³/mol. The Morgan fingerprint density at radius 2 is 1.95 bits per heavy atom. The first-order valence-corrected chi connectivity index (χ1v) is 6.51. The van der Waals surface area contributed by atoms with Crippen molar-refractivity contribution >= 4 is 17.3 Å². The number of pyridine rings is 1. The van der Waals surface area contributed by atoms with Crippen LogP contribution in [-0.4, -0.2) is 20.4 Å². The third kappa shape index (κ3) is 2.62. The van der Waals surface area contributed by atoms with Crippen molar-refractivity contribution in [1.82, 2.24) is 20.4 Å².